The van der Waals surface area contributed by atoms with Gasteiger partial charge < -0.3 is 34.7 Å². The lowest BCUT2D eigenvalue weighted by Gasteiger charge is -2.33. The first kappa shape index (κ1) is 38.3. The number of esters is 1. The second-order valence-corrected chi connectivity index (χ2v) is 14.2. The van der Waals surface area contributed by atoms with Gasteiger partial charge in [-0.3, -0.25) is 5.10 Å². The molecule has 12 heteroatoms. The van der Waals surface area contributed by atoms with Crippen molar-refractivity contribution < 1.29 is 19.0 Å². The number of rotatable bonds is 11. The number of benzene rings is 4. The number of ether oxygens (including phenoxy) is 3. The molecule has 0 bridgehead atoms. The van der Waals surface area contributed by atoms with E-state index in [0.29, 0.717) is 45.0 Å². The van der Waals surface area contributed by atoms with Crippen molar-refractivity contribution in [1.29, 1.82) is 0 Å². The fourth-order valence-corrected chi connectivity index (χ4v) is 7.93. The van der Waals surface area contributed by atoms with Gasteiger partial charge >= 0.3 is 5.97 Å². The summed E-state index contributed by atoms with van der Waals surface area (Å²) >= 11 is 4.49. The van der Waals surface area contributed by atoms with Crippen molar-refractivity contribution in [2.45, 2.75) is 45.9 Å². The number of piperazine rings is 1. The maximum atomic E-state index is 13.8. The van der Waals surface area contributed by atoms with Crippen LogP contribution in [0.3, 0.4) is 0 Å². The van der Waals surface area contributed by atoms with Crippen LogP contribution in [0.5, 0.6) is 11.5 Å². The number of anilines is 1. The minimum Gasteiger partial charge on any atom is -0.493 e. The molecule has 0 atom stereocenters. The number of aryl methyl sites for hydroxylation is 2. The van der Waals surface area contributed by atoms with Gasteiger partial charge in [0.2, 0.25) is 0 Å². The van der Waals surface area contributed by atoms with Crippen LogP contribution in [0.15, 0.2) is 84.9 Å². The minimum atomic E-state index is -0.295. The Balaban J connectivity index is 0.00000229. The van der Waals surface area contributed by atoms with E-state index >= 15 is 0 Å². The number of para-hydroxylation sites is 1. The van der Waals surface area contributed by atoms with E-state index in [4.69, 9.17) is 19.3 Å². The summed E-state index contributed by atoms with van der Waals surface area (Å²) in [5.74, 6) is 1.36. The van der Waals surface area contributed by atoms with Crippen molar-refractivity contribution in [3.05, 3.63) is 108 Å². The molecular weight excluding hydrogens is 711 g/mol. The number of nitrogens with two attached hydrogens (primary N) is 1. The molecule has 55 heavy (non-hydrogen) atoms. The predicted molar refractivity (Wildman–Crippen MR) is 223 cm³/mol. The van der Waals surface area contributed by atoms with Crippen LogP contribution in [-0.2, 0) is 30.9 Å². The standard InChI is InChI=1S/C42H46N6O4S.CH5N/c1-2-50-42(49)41-34(14-7-26-51-38-15-5-10-29-9-3-4-11-32(29)38)33-12-6-13-35-39-36(27-43-20-8-21-48(41)40(33)35)44-45-37(39)28-52-31-18-16-30(17-19-31)46-22-24-47(53)25-23-46;1-2/h3-6,9-13,15-19,43,53H,2,7-8,14,20-28H2,1H3,(H,44,45);2H2,1H3. The highest BCUT2D eigenvalue weighted by molar-refractivity contribution is 7.77. The van der Waals surface area contributed by atoms with Gasteiger partial charge in [0.05, 0.1) is 24.4 Å². The molecule has 1 saturated heterocycles. The van der Waals surface area contributed by atoms with Crippen molar-refractivity contribution in [3.8, 4) is 22.6 Å². The normalized spacial score (nSPS) is 14.6. The SMILES string of the molecule is CCOC(=O)c1c(CCCOc2cccc3ccccc23)c2cccc3c2n1CCCNCc1[nH]nc(COc2ccc(N4CCN(S)CC4)cc2)c1-3.CN. The Labute approximate surface area is 328 Å². The van der Waals surface area contributed by atoms with Crippen molar-refractivity contribution >= 4 is 46.1 Å². The quantitative estimate of drug-likeness (QED) is 0.0629. The van der Waals surface area contributed by atoms with Gasteiger partial charge in [-0.25, -0.2) is 9.10 Å². The number of aromatic amines is 1. The van der Waals surface area contributed by atoms with Crippen LogP contribution in [0, 0.1) is 0 Å². The molecule has 4 aromatic carbocycles. The third-order valence-electron chi connectivity index (χ3n) is 10.3. The number of carbonyl (C=O) groups is 1. The van der Waals surface area contributed by atoms with E-state index in [0.717, 1.165) is 107 Å². The summed E-state index contributed by atoms with van der Waals surface area (Å²) in [6.07, 6.45) is 2.26. The van der Waals surface area contributed by atoms with E-state index in [9.17, 15) is 4.79 Å². The number of thiol groups is 1. The Morgan fingerprint density at radius 3 is 2.47 bits per heavy atom. The molecule has 0 saturated carbocycles. The number of nitrogens with one attached hydrogen (secondary N) is 2. The average molecular weight is 762 g/mol. The zero-order chi connectivity index (χ0) is 38.1. The maximum absolute atomic E-state index is 13.8. The molecule has 288 valence electrons. The third-order valence-corrected chi connectivity index (χ3v) is 10.7. The van der Waals surface area contributed by atoms with Gasteiger partial charge in [0, 0.05) is 66.9 Å². The molecule has 2 aliphatic rings. The zero-order valence-corrected chi connectivity index (χ0v) is 32.6. The van der Waals surface area contributed by atoms with Gasteiger partial charge in [-0.15, -0.1) is 0 Å². The molecule has 2 aliphatic heterocycles. The second-order valence-electron chi connectivity index (χ2n) is 13.6. The van der Waals surface area contributed by atoms with Crippen molar-refractivity contribution in [3.63, 3.8) is 0 Å². The predicted octanol–water partition coefficient (Wildman–Crippen LogP) is 6.99. The fourth-order valence-electron chi connectivity index (χ4n) is 7.75. The number of hydrogen-bond donors (Lipinski definition) is 4. The summed E-state index contributed by atoms with van der Waals surface area (Å²) < 4.78 is 22.7. The van der Waals surface area contributed by atoms with Gasteiger partial charge in [0.25, 0.3) is 0 Å². The molecule has 8 rings (SSSR count). The fraction of sp³-hybridized carbons (Fsp3) is 0.349. The molecular formula is C43H51N7O4S. The number of fused-ring (bicyclic) bond motifs is 3. The first-order valence-electron chi connectivity index (χ1n) is 19.3. The lowest BCUT2D eigenvalue weighted by molar-refractivity contribution is 0.0512. The summed E-state index contributed by atoms with van der Waals surface area (Å²) in [7, 11) is 1.50. The Morgan fingerprint density at radius 2 is 1.65 bits per heavy atom. The van der Waals surface area contributed by atoms with E-state index in [1.165, 1.54) is 12.7 Å². The molecule has 0 unspecified atom stereocenters. The molecule has 1 fully saturated rings. The van der Waals surface area contributed by atoms with Crippen LogP contribution in [0.4, 0.5) is 5.69 Å². The molecule has 0 radical (unpaired) electrons. The van der Waals surface area contributed by atoms with E-state index in [2.05, 4.69) is 91.3 Å². The highest BCUT2D eigenvalue weighted by Gasteiger charge is 2.28. The van der Waals surface area contributed by atoms with Gasteiger partial charge in [0.15, 0.2) is 0 Å². The second kappa shape index (κ2) is 18.1. The largest absolute Gasteiger partial charge is 0.493 e. The summed E-state index contributed by atoms with van der Waals surface area (Å²) in [5.41, 5.74) is 12.2. The highest BCUT2D eigenvalue weighted by atomic mass is 32.1. The van der Waals surface area contributed by atoms with Crippen LogP contribution in [0.1, 0.15) is 47.2 Å². The van der Waals surface area contributed by atoms with E-state index in [-0.39, 0.29) is 5.97 Å². The molecule has 0 spiro atoms. The Hall–Kier alpha value is -5.01. The van der Waals surface area contributed by atoms with Crippen molar-refractivity contribution in [2.75, 3.05) is 57.9 Å². The van der Waals surface area contributed by atoms with Crippen molar-refractivity contribution in [2.24, 2.45) is 5.73 Å². The summed E-state index contributed by atoms with van der Waals surface area (Å²) in [6.45, 7) is 8.85. The minimum absolute atomic E-state index is 0.295. The molecule has 6 aromatic rings. The van der Waals surface area contributed by atoms with Gasteiger partial charge in [-0.2, -0.15) is 5.10 Å². The summed E-state index contributed by atoms with van der Waals surface area (Å²) in [4.78, 5) is 16.2. The highest BCUT2D eigenvalue weighted by Crippen LogP contribution is 2.39. The van der Waals surface area contributed by atoms with Gasteiger partial charge in [-0.05, 0) is 81.1 Å². The molecule has 4 N–H and O–H groups in total. The van der Waals surface area contributed by atoms with Crippen LogP contribution in [0.2, 0.25) is 0 Å². The van der Waals surface area contributed by atoms with E-state index in [1.54, 1.807) is 0 Å². The third kappa shape index (κ3) is 8.33. The lowest BCUT2D eigenvalue weighted by atomic mass is 9.98. The monoisotopic (exact) mass is 761 g/mol. The van der Waals surface area contributed by atoms with Crippen LogP contribution in [0.25, 0.3) is 32.8 Å². The van der Waals surface area contributed by atoms with Gasteiger partial charge in [0.1, 0.15) is 29.5 Å². The van der Waals surface area contributed by atoms with Crippen molar-refractivity contribution in [1.82, 2.24) is 24.4 Å². The Bertz CT molecular complexity index is 2200. The molecule has 0 amide bonds. The lowest BCUT2D eigenvalue weighted by Crippen LogP contribution is -2.42. The van der Waals surface area contributed by atoms with E-state index in [1.807, 2.05) is 43.3 Å². The topological polar surface area (TPSA) is 123 Å². The number of hydrogen-bond acceptors (Lipinski definition) is 10. The number of nitrogens with zero attached hydrogens (tertiary/aromatic N) is 4. The van der Waals surface area contributed by atoms with Crippen LogP contribution < -0.4 is 25.4 Å². The average Bonchev–Trinajstić information content (AvgIpc) is 3.78. The summed E-state index contributed by atoms with van der Waals surface area (Å²) in [6, 6.07) is 29.1. The molecule has 2 aromatic heterocycles. The molecule has 11 nitrogen and oxygen atoms in total. The smallest absolute Gasteiger partial charge is 0.355 e. The first-order chi connectivity index (χ1) is 27.1. The molecule has 0 aliphatic carbocycles. The Morgan fingerprint density at radius 1 is 0.891 bits per heavy atom. The van der Waals surface area contributed by atoms with Gasteiger partial charge in [-0.1, -0.05) is 67.4 Å². The number of H-pyrrole nitrogens is 1. The number of aromatic nitrogens is 3. The first-order valence-corrected chi connectivity index (χ1v) is 19.7. The summed E-state index contributed by atoms with van der Waals surface area (Å²) in [5, 5.41) is 15.0. The molecule has 4 heterocycles. The van der Waals surface area contributed by atoms with E-state index < -0.39 is 0 Å². The van der Waals surface area contributed by atoms with Crippen LogP contribution >= 0.6 is 12.8 Å². The maximum Gasteiger partial charge on any atom is 0.355 e. The van der Waals surface area contributed by atoms with Crippen LogP contribution in [-0.4, -0.2) is 78.0 Å². The zero-order valence-electron chi connectivity index (χ0n) is 31.7. The number of carbonyl (C=O) groups excluding carboxylic acids is 1. The Kier molecular flexibility index (Phi) is 12.6.